The molecule has 0 aliphatic rings. The van der Waals surface area contributed by atoms with Gasteiger partial charge in [-0.05, 0) is 67.3 Å². The second kappa shape index (κ2) is 9.39. The van der Waals surface area contributed by atoms with Gasteiger partial charge in [-0.3, -0.25) is 4.79 Å². The van der Waals surface area contributed by atoms with Crippen molar-refractivity contribution in [1.29, 1.82) is 0 Å². The normalized spacial score (nSPS) is 11.7. The first-order chi connectivity index (χ1) is 14.4. The van der Waals surface area contributed by atoms with Crippen LogP contribution in [0.2, 0.25) is 0 Å². The predicted octanol–water partition coefficient (Wildman–Crippen LogP) is 6.06. The molecule has 1 unspecified atom stereocenters. The number of halogens is 1. The summed E-state index contributed by atoms with van der Waals surface area (Å²) in [6.45, 7) is 5.94. The fourth-order valence-corrected chi connectivity index (χ4v) is 3.19. The molecule has 0 aliphatic carbocycles. The highest BCUT2D eigenvalue weighted by Crippen LogP contribution is 2.27. The molecule has 1 amide bonds. The summed E-state index contributed by atoms with van der Waals surface area (Å²) < 4.78 is 19.3. The second-order valence-corrected chi connectivity index (χ2v) is 7.37. The molecule has 1 atom stereocenters. The van der Waals surface area contributed by atoms with Crippen LogP contribution in [0, 0.1) is 12.9 Å². The topological polar surface area (TPSA) is 77.2 Å². The molecule has 6 heteroatoms. The molecule has 0 bridgehead atoms. The van der Waals surface area contributed by atoms with Crippen molar-refractivity contribution in [2.75, 3.05) is 11.1 Å². The van der Waals surface area contributed by atoms with Gasteiger partial charge in [-0.2, -0.15) is 4.39 Å². The predicted molar refractivity (Wildman–Crippen MR) is 118 cm³/mol. The van der Waals surface area contributed by atoms with Gasteiger partial charge in [-0.25, -0.2) is 4.98 Å². The van der Waals surface area contributed by atoms with E-state index in [-0.39, 0.29) is 16.9 Å². The molecule has 0 radical (unpaired) electrons. The molecule has 3 N–H and O–H groups in total. The van der Waals surface area contributed by atoms with Crippen LogP contribution < -0.4 is 15.8 Å². The number of nitrogens with two attached hydrogens (primary N) is 1. The average Bonchev–Trinajstić information content (AvgIpc) is 2.73. The van der Waals surface area contributed by atoms with Crippen molar-refractivity contribution in [2.24, 2.45) is 0 Å². The first kappa shape index (κ1) is 21.3. The third-order valence-corrected chi connectivity index (χ3v) is 4.94. The van der Waals surface area contributed by atoms with E-state index >= 15 is 0 Å². The van der Waals surface area contributed by atoms with Gasteiger partial charge in [0.15, 0.2) is 0 Å². The number of amides is 1. The van der Waals surface area contributed by atoms with Crippen LogP contribution in [0.4, 0.5) is 15.9 Å². The number of nitrogens with one attached hydrogen (secondary N) is 1. The number of hydrogen-bond donors (Lipinski definition) is 2. The summed E-state index contributed by atoms with van der Waals surface area (Å²) in [5.74, 6) is 0.654. The van der Waals surface area contributed by atoms with Gasteiger partial charge in [-0.15, -0.1) is 0 Å². The van der Waals surface area contributed by atoms with E-state index in [2.05, 4.69) is 36.3 Å². The van der Waals surface area contributed by atoms with Crippen molar-refractivity contribution in [3.63, 3.8) is 0 Å². The van der Waals surface area contributed by atoms with E-state index in [1.165, 1.54) is 18.6 Å². The largest absolute Gasteiger partial charge is 0.457 e. The minimum atomic E-state index is -0.682. The Hall–Kier alpha value is -3.41. The van der Waals surface area contributed by atoms with Crippen LogP contribution in [0.15, 0.2) is 54.6 Å². The first-order valence-corrected chi connectivity index (χ1v) is 9.99. The molecule has 3 aromatic rings. The molecule has 0 aliphatic heterocycles. The Morgan fingerprint density at radius 3 is 2.33 bits per heavy atom. The highest BCUT2D eigenvalue weighted by Gasteiger charge is 2.14. The van der Waals surface area contributed by atoms with Crippen LogP contribution in [0.25, 0.3) is 0 Å². The van der Waals surface area contributed by atoms with Gasteiger partial charge in [-0.1, -0.05) is 32.4 Å². The standard InChI is InChI=1S/C24H26FN3O2/c1-4-5-15(2)17-6-10-19(11-7-17)30-20-12-8-18(9-13-20)27-24(29)21-14-16(3)22(25)28-23(21)26/h6-15H,4-5H2,1-3H3,(H2,26,28)(H,27,29). The van der Waals surface area contributed by atoms with Crippen LogP contribution in [0.1, 0.15) is 54.1 Å². The minimum absolute atomic E-state index is 0.131. The Morgan fingerprint density at radius 1 is 1.13 bits per heavy atom. The lowest BCUT2D eigenvalue weighted by Crippen LogP contribution is -2.16. The van der Waals surface area contributed by atoms with E-state index in [1.807, 2.05) is 12.1 Å². The zero-order valence-electron chi connectivity index (χ0n) is 17.4. The molecule has 0 saturated carbocycles. The first-order valence-electron chi connectivity index (χ1n) is 9.99. The summed E-state index contributed by atoms with van der Waals surface area (Å²) in [4.78, 5) is 16.0. The maximum atomic E-state index is 13.4. The quantitative estimate of drug-likeness (QED) is 0.467. The third kappa shape index (κ3) is 5.14. The molecule has 0 spiro atoms. The highest BCUT2D eigenvalue weighted by molar-refractivity contribution is 6.07. The number of pyridine rings is 1. The lowest BCUT2D eigenvalue weighted by molar-refractivity contribution is 0.102. The fraction of sp³-hybridized carbons (Fsp3) is 0.250. The van der Waals surface area contributed by atoms with Gasteiger partial charge in [0.2, 0.25) is 5.95 Å². The zero-order chi connectivity index (χ0) is 21.7. The monoisotopic (exact) mass is 407 g/mol. The Bertz CT molecular complexity index is 1020. The molecule has 1 aromatic heterocycles. The van der Waals surface area contributed by atoms with Crippen LogP contribution in [0.3, 0.4) is 0 Å². The number of anilines is 2. The van der Waals surface area contributed by atoms with Crippen molar-refractivity contribution in [3.05, 3.63) is 77.2 Å². The van der Waals surface area contributed by atoms with Crippen LogP contribution in [0.5, 0.6) is 11.5 Å². The summed E-state index contributed by atoms with van der Waals surface area (Å²) in [6.07, 6.45) is 2.32. The van der Waals surface area contributed by atoms with Gasteiger partial charge < -0.3 is 15.8 Å². The Kier molecular flexibility index (Phi) is 6.67. The van der Waals surface area contributed by atoms with Crippen molar-refractivity contribution >= 4 is 17.4 Å². The van der Waals surface area contributed by atoms with Gasteiger partial charge in [0.05, 0.1) is 5.56 Å². The van der Waals surface area contributed by atoms with Crippen molar-refractivity contribution < 1.29 is 13.9 Å². The second-order valence-electron chi connectivity index (χ2n) is 7.37. The van der Waals surface area contributed by atoms with E-state index in [0.717, 1.165) is 18.6 Å². The van der Waals surface area contributed by atoms with E-state index in [9.17, 15) is 9.18 Å². The number of carbonyl (C=O) groups excluding carboxylic acids is 1. The van der Waals surface area contributed by atoms with E-state index in [0.29, 0.717) is 17.4 Å². The number of benzene rings is 2. The van der Waals surface area contributed by atoms with Gasteiger partial charge in [0.25, 0.3) is 5.91 Å². The number of ether oxygens (including phenoxy) is 1. The molecule has 1 heterocycles. The highest BCUT2D eigenvalue weighted by atomic mass is 19.1. The number of aromatic nitrogens is 1. The molecule has 2 aromatic carbocycles. The van der Waals surface area contributed by atoms with Gasteiger partial charge >= 0.3 is 0 Å². The summed E-state index contributed by atoms with van der Waals surface area (Å²) in [5.41, 5.74) is 7.92. The average molecular weight is 407 g/mol. The number of aryl methyl sites for hydroxylation is 1. The number of nitrogen functional groups attached to an aromatic ring is 1. The molecule has 3 rings (SSSR count). The number of carbonyl (C=O) groups is 1. The van der Waals surface area contributed by atoms with Crippen LogP contribution >= 0.6 is 0 Å². The zero-order valence-corrected chi connectivity index (χ0v) is 17.4. The maximum Gasteiger partial charge on any atom is 0.259 e. The van der Waals surface area contributed by atoms with Gasteiger partial charge in [0, 0.05) is 11.3 Å². The van der Waals surface area contributed by atoms with Crippen LogP contribution in [-0.4, -0.2) is 10.9 Å². The molecule has 30 heavy (non-hydrogen) atoms. The minimum Gasteiger partial charge on any atom is -0.457 e. The van der Waals surface area contributed by atoms with Crippen molar-refractivity contribution in [2.45, 2.75) is 39.5 Å². The summed E-state index contributed by atoms with van der Waals surface area (Å²) in [5, 5.41) is 2.73. The molecular weight excluding hydrogens is 381 g/mol. The molecule has 156 valence electrons. The smallest absolute Gasteiger partial charge is 0.259 e. The molecule has 0 fully saturated rings. The van der Waals surface area contributed by atoms with Crippen molar-refractivity contribution in [3.8, 4) is 11.5 Å². The summed E-state index contributed by atoms with van der Waals surface area (Å²) >= 11 is 0. The van der Waals surface area contributed by atoms with Crippen molar-refractivity contribution in [1.82, 2.24) is 4.98 Å². The van der Waals surface area contributed by atoms with E-state index in [1.54, 1.807) is 24.3 Å². The maximum absolute atomic E-state index is 13.4. The lowest BCUT2D eigenvalue weighted by Gasteiger charge is -2.12. The fourth-order valence-electron chi connectivity index (χ4n) is 3.19. The lowest BCUT2D eigenvalue weighted by atomic mass is 9.97. The number of nitrogens with zero attached hydrogens (tertiary/aromatic N) is 1. The van der Waals surface area contributed by atoms with Gasteiger partial charge in [0.1, 0.15) is 17.3 Å². The molecular formula is C24H26FN3O2. The molecule has 5 nitrogen and oxygen atoms in total. The summed E-state index contributed by atoms with van der Waals surface area (Å²) in [6, 6.07) is 16.5. The van der Waals surface area contributed by atoms with Crippen LogP contribution in [-0.2, 0) is 0 Å². The van der Waals surface area contributed by atoms with E-state index in [4.69, 9.17) is 10.5 Å². The Morgan fingerprint density at radius 2 is 1.73 bits per heavy atom. The number of hydrogen-bond acceptors (Lipinski definition) is 4. The van der Waals surface area contributed by atoms with E-state index < -0.39 is 11.9 Å². The SMILES string of the molecule is CCCC(C)c1ccc(Oc2ccc(NC(=O)c3cc(C)c(F)nc3N)cc2)cc1. The Labute approximate surface area is 176 Å². The summed E-state index contributed by atoms with van der Waals surface area (Å²) in [7, 11) is 0. The Balaban J connectivity index is 1.64. The molecule has 0 saturated heterocycles. The third-order valence-electron chi connectivity index (χ3n) is 4.94. The number of rotatable bonds is 7.